The summed E-state index contributed by atoms with van der Waals surface area (Å²) in [4.78, 5) is 38.1. The minimum atomic E-state index is -0.814. The van der Waals surface area contributed by atoms with Crippen LogP contribution in [0.1, 0.15) is 239 Å². The maximum atomic E-state index is 12.8. The molecule has 0 aliphatic carbocycles. The third kappa shape index (κ3) is 54.6. The van der Waals surface area contributed by atoms with Gasteiger partial charge in [-0.05, 0) is 128 Å². The predicted molar refractivity (Wildman–Crippen MR) is 297 cm³/mol. The fraction of sp³-hybridized carbons (Fsp3) is 0.635. The van der Waals surface area contributed by atoms with E-state index in [0.717, 1.165) is 122 Å². The van der Waals surface area contributed by atoms with Gasteiger partial charge >= 0.3 is 17.9 Å². The van der Waals surface area contributed by atoms with Gasteiger partial charge in [0.15, 0.2) is 6.10 Å². The molecule has 0 aliphatic heterocycles. The lowest BCUT2D eigenvalue weighted by atomic mass is 10.1. The third-order valence-corrected chi connectivity index (χ3v) is 11.4. The monoisotopic (exact) mass is 955 g/mol. The lowest BCUT2D eigenvalue weighted by Gasteiger charge is -2.18. The fourth-order valence-corrected chi connectivity index (χ4v) is 7.28. The van der Waals surface area contributed by atoms with Crippen molar-refractivity contribution in [3.63, 3.8) is 0 Å². The molecule has 0 rings (SSSR count). The normalized spacial score (nSPS) is 13.0. The smallest absolute Gasteiger partial charge is 0.306 e. The standard InChI is InChI=1S/C63H102O6/c1-4-7-10-13-16-19-22-25-28-30-31-33-35-38-41-44-47-50-53-56-62(65)68-59-60(58-67-61(64)55-52-49-46-43-40-37-34-27-24-21-18-15-12-9-6-3)69-63(66)57-54-51-48-45-42-39-36-32-29-26-23-20-17-14-11-8-5-2/h8-9,11-12,16-21,25-29,34,36,39-40,43,60H,4-7,10,13-15,22-24,30-33,35,37-38,41-42,44-59H2,1-3H3/b11-8-,12-9-,19-16-,20-17-,21-18-,28-25-,29-26-,34-27-,39-36-,43-40-/t60-/m1/s1. The van der Waals surface area contributed by atoms with Crippen LogP contribution in [0.4, 0.5) is 0 Å². The van der Waals surface area contributed by atoms with Crippen molar-refractivity contribution < 1.29 is 28.6 Å². The van der Waals surface area contributed by atoms with Crippen LogP contribution in [0.15, 0.2) is 122 Å². The molecular weight excluding hydrogens is 853 g/mol. The van der Waals surface area contributed by atoms with Gasteiger partial charge in [0.05, 0.1) is 0 Å². The first-order valence-corrected chi connectivity index (χ1v) is 28.0. The highest BCUT2D eigenvalue weighted by atomic mass is 16.6. The molecule has 0 aromatic rings. The number of carbonyl (C=O) groups is 3. The van der Waals surface area contributed by atoms with Crippen molar-refractivity contribution in [1.82, 2.24) is 0 Å². The van der Waals surface area contributed by atoms with E-state index in [9.17, 15) is 14.4 Å². The third-order valence-electron chi connectivity index (χ3n) is 11.4. The van der Waals surface area contributed by atoms with Crippen molar-refractivity contribution in [2.24, 2.45) is 0 Å². The molecule has 0 heterocycles. The maximum absolute atomic E-state index is 12.8. The zero-order chi connectivity index (χ0) is 50.0. The summed E-state index contributed by atoms with van der Waals surface area (Å²) in [5.74, 6) is -0.981. The van der Waals surface area contributed by atoms with Gasteiger partial charge in [0.2, 0.25) is 0 Å². The average Bonchev–Trinajstić information content (AvgIpc) is 3.35. The number of carbonyl (C=O) groups excluding carboxylic acids is 3. The van der Waals surface area contributed by atoms with Crippen LogP contribution in [-0.4, -0.2) is 37.2 Å². The molecule has 0 spiro atoms. The van der Waals surface area contributed by atoms with E-state index in [4.69, 9.17) is 14.2 Å². The molecule has 390 valence electrons. The van der Waals surface area contributed by atoms with Gasteiger partial charge in [-0.15, -0.1) is 0 Å². The summed E-state index contributed by atoms with van der Waals surface area (Å²) in [6.45, 7) is 6.32. The Kier molecular flexibility index (Phi) is 53.0. The van der Waals surface area contributed by atoms with Crippen molar-refractivity contribution in [3.8, 4) is 0 Å². The van der Waals surface area contributed by atoms with Gasteiger partial charge in [0, 0.05) is 19.3 Å². The number of ether oxygens (including phenoxy) is 3. The Hall–Kier alpha value is -4.19. The molecule has 0 saturated carbocycles. The Morgan fingerprint density at radius 3 is 0.913 bits per heavy atom. The van der Waals surface area contributed by atoms with E-state index in [-0.39, 0.29) is 37.5 Å². The van der Waals surface area contributed by atoms with Gasteiger partial charge in [-0.2, -0.15) is 0 Å². The van der Waals surface area contributed by atoms with Gasteiger partial charge in [-0.25, -0.2) is 0 Å². The first kappa shape index (κ1) is 64.8. The van der Waals surface area contributed by atoms with Crippen LogP contribution in [0.2, 0.25) is 0 Å². The quantitative estimate of drug-likeness (QED) is 0.0262. The minimum Gasteiger partial charge on any atom is -0.462 e. The summed E-state index contributed by atoms with van der Waals surface area (Å²) in [5, 5.41) is 0. The Balaban J connectivity index is 4.50. The second kappa shape index (κ2) is 56.4. The lowest BCUT2D eigenvalue weighted by molar-refractivity contribution is -0.167. The molecule has 6 heteroatoms. The van der Waals surface area contributed by atoms with E-state index in [1.165, 1.54) is 70.6 Å². The number of esters is 3. The molecule has 0 unspecified atom stereocenters. The highest BCUT2D eigenvalue weighted by molar-refractivity contribution is 5.71. The molecule has 0 saturated heterocycles. The molecule has 0 aromatic carbocycles. The number of hydrogen-bond acceptors (Lipinski definition) is 6. The van der Waals surface area contributed by atoms with E-state index in [0.29, 0.717) is 19.3 Å². The van der Waals surface area contributed by atoms with Crippen LogP contribution in [0.3, 0.4) is 0 Å². The lowest BCUT2D eigenvalue weighted by Crippen LogP contribution is -2.30. The first-order chi connectivity index (χ1) is 34.0. The zero-order valence-electron chi connectivity index (χ0n) is 44.5. The van der Waals surface area contributed by atoms with Gasteiger partial charge in [0.1, 0.15) is 13.2 Å². The van der Waals surface area contributed by atoms with E-state index in [1.807, 2.05) is 0 Å². The van der Waals surface area contributed by atoms with Crippen molar-refractivity contribution in [1.29, 1.82) is 0 Å². The largest absolute Gasteiger partial charge is 0.462 e. The summed E-state index contributed by atoms with van der Waals surface area (Å²) in [5.41, 5.74) is 0. The molecule has 0 radical (unpaired) electrons. The van der Waals surface area contributed by atoms with E-state index < -0.39 is 6.10 Å². The number of hydrogen-bond donors (Lipinski definition) is 0. The Morgan fingerprint density at radius 2 is 0.565 bits per heavy atom. The minimum absolute atomic E-state index is 0.107. The van der Waals surface area contributed by atoms with Crippen molar-refractivity contribution in [3.05, 3.63) is 122 Å². The van der Waals surface area contributed by atoms with Crippen molar-refractivity contribution >= 4 is 17.9 Å². The van der Waals surface area contributed by atoms with E-state index in [1.54, 1.807) is 0 Å². The van der Waals surface area contributed by atoms with E-state index >= 15 is 0 Å². The topological polar surface area (TPSA) is 78.9 Å². The highest BCUT2D eigenvalue weighted by Crippen LogP contribution is 2.14. The fourth-order valence-electron chi connectivity index (χ4n) is 7.28. The molecule has 0 amide bonds. The van der Waals surface area contributed by atoms with Gasteiger partial charge in [-0.3, -0.25) is 14.4 Å². The number of unbranched alkanes of at least 4 members (excludes halogenated alkanes) is 18. The molecule has 0 bridgehead atoms. The molecule has 0 fully saturated rings. The van der Waals surface area contributed by atoms with Crippen molar-refractivity contribution in [2.45, 2.75) is 245 Å². The van der Waals surface area contributed by atoms with Crippen LogP contribution in [-0.2, 0) is 28.6 Å². The SMILES string of the molecule is CC/C=C\C/C=C\C/C=C\C/C=C\CCCCCCC(=O)O[C@H](COC(=O)CCCC/C=C\C/C=C\C/C=C\C/C=C\CC)COC(=O)CCCCCCCCCCC/C=C\C/C=C\CCCCC. The van der Waals surface area contributed by atoms with Crippen LogP contribution in [0.25, 0.3) is 0 Å². The van der Waals surface area contributed by atoms with Crippen molar-refractivity contribution in [2.75, 3.05) is 13.2 Å². The van der Waals surface area contributed by atoms with Crippen LogP contribution in [0.5, 0.6) is 0 Å². The average molecular weight is 956 g/mol. The second-order valence-electron chi connectivity index (χ2n) is 18.1. The van der Waals surface area contributed by atoms with Crippen LogP contribution in [0, 0.1) is 0 Å². The van der Waals surface area contributed by atoms with Crippen LogP contribution >= 0.6 is 0 Å². The zero-order valence-corrected chi connectivity index (χ0v) is 44.5. The second-order valence-corrected chi connectivity index (χ2v) is 18.1. The van der Waals surface area contributed by atoms with Gasteiger partial charge < -0.3 is 14.2 Å². The number of rotatable bonds is 49. The molecule has 0 aliphatic rings. The van der Waals surface area contributed by atoms with Gasteiger partial charge in [-0.1, -0.05) is 213 Å². The van der Waals surface area contributed by atoms with Crippen LogP contribution < -0.4 is 0 Å². The molecule has 0 aromatic heterocycles. The highest BCUT2D eigenvalue weighted by Gasteiger charge is 2.19. The maximum Gasteiger partial charge on any atom is 0.306 e. The summed E-state index contributed by atoms with van der Waals surface area (Å²) in [6.07, 6.45) is 77.6. The molecule has 6 nitrogen and oxygen atoms in total. The Morgan fingerprint density at radius 1 is 0.304 bits per heavy atom. The summed E-state index contributed by atoms with van der Waals surface area (Å²) >= 11 is 0. The first-order valence-electron chi connectivity index (χ1n) is 28.0. The predicted octanol–water partition coefficient (Wildman–Crippen LogP) is 18.9. The van der Waals surface area contributed by atoms with E-state index in [2.05, 4.69) is 142 Å². The molecule has 1 atom stereocenters. The molecular formula is C63H102O6. The summed E-state index contributed by atoms with van der Waals surface area (Å²) < 4.78 is 16.8. The number of allylic oxidation sites excluding steroid dienone is 20. The summed E-state index contributed by atoms with van der Waals surface area (Å²) in [7, 11) is 0. The van der Waals surface area contributed by atoms with Gasteiger partial charge in [0.25, 0.3) is 0 Å². The summed E-state index contributed by atoms with van der Waals surface area (Å²) in [6, 6.07) is 0. The Bertz CT molecular complexity index is 1470. The molecule has 69 heavy (non-hydrogen) atoms. The molecule has 0 N–H and O–H groups in total. The Labute approximate surface area is 424 Å².